The maximum atomic E-state index is 13.2. The van der Waals surface area contributed by atoms with Crippen LogP contribution in [0.25, 0.3) is 0 Å². The van der Waals surface area contributed by atoms with Gasteiger partial charge in [0.2, 0.25) is 10.0 Å². The molecular formula is C20H33N5O2S2. The summed E-state index contributed by atoms with van der Waals surface area (Å²) >= 11 is 2.02. The molecule has 3 rings (SSSR count). The van der Waals surface area contributed by atoms with Crippen molar-refractivity contribution in [3.8, 4) is 0 Å². The molecule has 1 aromatic carbocycles. The van der Waals surface area contributed by atoms with Gasteiger partial charge >= 0.3 is 0 Å². The zero-order valence-electron chi connectivity index (χ0n) is 17.7. The summed E-state index contributed by atoms with van der Waals surface area (Å²) in [6, 6.07) is 7.31. The van der Waals surface area contributed by atoms with E-state index in [9.17, 15) is 8.42 Å². The molecular weight excluding hydrogens is 406 g/mol. The minimum atomic E-state index is -3.50. The number of hydrogen-bond acceptors (Lipinski definition) is 5. The highest BCUT2D eigenvalue weighted by molar-refractivity contribution is 8.00. The first-order valence-corrected chi connectivity index (χ1v) is 12.8. The van der Waals surface area contributed by atoms with E-state index in [1.807, 2.05) is 30.9 Å². The van der Waals surface area contributed by atoms with Gasteiger partial charge < -0.3 is 15.1 Å². The number of rotatable bonds is 5. The topological polar surface area (TPSA) is 68.2 Å². The molecule has 7 nitrogen and oxygen atoms in total. The second kappa shape index (κ2) is 10.1. The first-order chi connectivity index (χ1) is 14.0. The van der Waals surface area contributed by atoms with Crippen LogP contribution in [0.15, 0.2) is 34.2 Å². The van der Waals surface area contributed by atoms with E-state index in [0.717, 1.165) is 49.9 Å². The number of nitrogens with zero attached hydrogens (tertiary/aromatic N) is 4. The van der Waals surface area contributed by atoms with Crippen LogP contribution in [0.3, 0.4) is 0 Å². The quantitative estimate of drug-likeness (QED) is 0.554. The van der Waals surface area contributed by atoms with Crippen LogP contribution in [-0.4, -0.2) is 92.8 Å². The van der Waals surface area contributed by atoms with Crippen molar-refractivity contribution in [2.75, 3.05) is 59.1 Å². The van der Waals surface area contributed by atoms with E-state index < -0.39 is 10.0 Å². The van der Waals surface area contributed by atoms with Crippen molar-refractivity contribution in [2.45, 2.75) is 30.0 Å². The number of aliphatic imine (C=N–C) groups is 1. The lowest BCUT2D eigenvalue weighted by Crippen LogP contribution is -2.48. The summed E-state index contributed by atoms with van der Waals surface area (Å²) in [4.78, 5) is 9.28. The van der Waals surface area contributed by atoms with E-state index in [0.29, 0.717) is 29.8 Å². The van der Waals surface area contributed by atoms with Crippen molar-refractivity contribution in [3.05, 3.63) is 29.8 Å². The summed E-state index contributed by atoms with van der Waals surface area (Å²) in [5.74, 6) is 1.93. The Kier molecular flexibility index (Phi) is 7.84. The van der Waals surface area contributed by atoms with Crippen LogP contribution < -0.4 is 5.32 Å². The Morgan fingerprint density at radius 1 is 1.21 bits per heavy atom. The first kappa shape index (κ1) is 22.4. The molecule has 0 aliphatic carbocycles. The molecule has 2 heterocycles. The van der Waals surface area contributed by atoms with Crippen molar-refractivity contribution >= 4 is 27.7 Å². The van der Waals surface area contributed by atoms with Gasteiger partial charge in [-0.05, 0) is 25.1 Å². The van der Waals surface area contributed by atoms with Gasteiger partial charge in [0, 0.05) is 63.9 Å². The van der Waals surface area contributed by atoms with Crippen LogP contribution in [-0.2, 0) is 16.6 Å². The van der Waals surface area contributed by atoms with Crippen LogP contribution in [0.4, 0.5) is 0 Å². The molecule has 1 N–H and O–H groups in total. The molecule has 2 fully saturated rings. The number of piperazine rings is 1. The lowest BCUT2D eigenvalue weighted by molar-refractivity contribution is 0.222. The SMILES string of the molecule is CCC1CN(C(=NC)NCc2ccccc2S(=O)(=O)N2CCN(C)CC2)CCS1. The van der Waals surface area contributed by atoms with E-state index in [4.69, 9.17) is 0 Å². The summed E-state index contributed by atoms with van der Waals surface area (Å²) < 4.78 is 28.1. The summed E-state index contributed by atoms with van der Waals surface area (Å²) in [5.41, 5.74) is 0.783. The van der Waals surface area contributed by atoms with Crippen molar-refractivity contribution < 1.29 is 8.42 Å². The fourth-order valence-electron chi connectivity index (χ4n) is 3.73. The average Bonchev–Trinajstić information content (AvgIpc) is 2.75. The van der Waals surface area contributed by atoms with Crippen molar-refractivity contribution in [1.82, 2.24) is 19.4 Å². The van der Waals surface area contributed by atoms with E-state index in [1.165, 1.54) is 0 Å². The number of nitrogens with one attached hydrogen (secondary N) is 1. The predicted octanol–water partition coefficient (Wildman–Crippen LogP) is 1.53. The van der Waals surface area contributed by atoms with Crippen molar-refractivity contribution in [3.63, 3.8) is 0 Å². The van der Waals surface area contributed by atoms with Gasteiger partial charge in [-0.2, -0.15) is 16.1 Å². The second-order valence-corrected chi connectivity index (χ2v) is 10.9. The Morgan fingerprint density at radius 3 is 2.62 bits per heavy atom. The maximum absolute atomic E-state index is 13.2. The van der Waals surface area contributed by atoms with Crippen LogP contribution >= 0.6 is 11.8 Å². The highest BCUT2D eigenvalue weighted by Gasteiger charge is 2.29. The number of sulfonamides is 1. The molecule has 2 aliphatic rings. The Labute approximate surface area is 179 Å². The van der Waals surface area contributed by atoms with E-state index >= 15 is 0 Å². The normalized spacial score (nSPS) is 22.7. The molecule has 0 saturated carbocycles. The van der Waals surface area contributed by atoms with Crippen molar-refractivity contribution in [2.24, 2.45) is 4.99 Å². The Balaban J connectivity index is 1.72. The molecule has 2 aliphatic heterocycles. The van der Waals surface area contributed by atoms with Crippen LogP contribution in [0.5, 0.6) is 0 Å². The lowest BCUT2D eigenvalue weighted by atomic mass is 10.2. The van der Waals surface area contributed by atoms with Gasteiger partial charge in [0.15, 0.2) is 5.96 Å². The van der Waals surface area contributed by atoms with E-state index in [1.54, 1.807) is 23.5 Å². The van der Waals surface area contributed by atoms with Gasteiger partial charge in [0.1, 0.15) is 0 Å². The maximum Gasteiger partial charge on any atom is 0.243 e. The smallest absolute Gasteiger partial charge is 0.243 e. The molecule has 9 heteroatoms. The first-order valence-electron chi connectivity index (χ1n) is 10.3. The fourth-order valence-corrected chi connectivity index (χ4v) is 6.56. The molecule has 0 radical (unpaired) electrons. The number of hydrogen-bond donors (Lipinski definition) is 1. The molecule has 1 aromatic rings. The Hall–Kier alpha value is -1.29. The van der Waals surface area contributed by atoms with Gasteiger partial charge in [-0.1, -0.05) is 25.1 Å². The van der Waals surface area contributed by atoms with Crippen molar-refractivity contribution in [1.29, 1.82) is 0 Å². The van der Waals surface area contributed by atoms with Crippen LogP contribution in [0.2, 0.25) is 0 Å². The zero-order valence-corrected chi connectivity index (χ0v) is 19.3. The standard InChI is InChI=1S/C20H33N5O2S2/c1-4-18-16-24(13-14-28-18)20(21-2)22-15-17-7-5-6-8-19(17)29(26,27)25-11-9-23(3)10-12-25/h5-8,18H,4,9-16H2,1-3H3,(H,21,22). The van der Waals surface area contributed by atoms with E-state index in [2.05, 4.69) is 27.0 Å². The third kappa shape index (κ3) is 5.45. The predicted molar refractivity (Wildman–Crippen MR) is 121 cm³/mol. The Bertz CT molecular complexity index is 807. The third-order valence-corrected chi connectivity index (χ3v) is 8.97. The highest BCUT2D eigenvalue weighted by atomic mass is 32.2. The third-order valence-electron chi connectivity index (χ3n) is 5.60. The molecule has 0 spiro atoms. The second-order valence-electron chi connectivity index (χ2n) is 7.56. The minimum absolute atomic E-state index is 0.396. The molecule has 29 heavy (non-hydrogen) atoms. The molecule has 162 valence electrons. The largest absolute Gasteiger partial charge is 0.352 e. The minimum Gasteiger partial charge on any atom is -0.352 e. The van der Waals surface area contributed by atoms with Gasteiger partial charge in [0.25, 0.3) is 0 Å². The van der Waals surface area contributed by atoms with Gasteiger partial charge in [0.05, 0.1) is 4.90 Å². The molecule has 2 saturated heterocycles. The Morgan fingerprint density at radius 2 is 1.93 bits per heavy atom. The lowest BCUT2D eigenvalue weighted by Gasteiger charge is -2.34. The van der Waals surface area contributed by atoms with Crippen LogP contribution in [0.1, 0.15) is 18.9 Å². The number of benzene rings is 1. The summed E-state index contributed by atoms with van der Waals surface area (Å²) in [6.07, 6.45) is 1.14. The number of likely N-dealkylation sites (N-methyl/N-ethyl adjacent to an activating group) is 1. The van der Waals surface area contributed by atoms with Gasteiger partial charge in [-0.3, -0.25) is 4.99 Å². The fraction of sp³-hybridized carbons (Fsp3) is 0.650. The van der Waals surface area contributed by atoms with Crippen LogP contribution in [0, 0.1) is 0 Å². The van der Waals surface area contributed by atoms with E-state index in [-0.39, 0.29) is 0 Å². The molecule has 0 bridgehead atoms. The van der Waals surface area contributed by atoms with Gasteiger partial charge in [-0.15, -0.1) is 0 Å². The molecule has 0 aromatic heterocycles. The zero-order chi connectivity index (χ0) is 20.9. The summed E-state index contributed by atoms with van der Waals surface area (Å²) in [7, 11) is 0.315. The summed E-state index contributed by atoms with van der Waals surface area (Å²) in [6.45, 7) is 7.19. The molecule has 1 unspecified atom stereocenters. The monoisotopic (exact) mass is 439 g/mol. The number of thioether (sulfide) groups is 1. The average molecular weight is 440 g/mol. The van der Waals surface area contributed by atoms with Gasteiger partial charge in [-0.25, -0.2) is 8.42 Å². The number of guanidine groups is 1. The molecule has 1 atom stereocenters. The molecule has 0 amide bonds. The highest BCUT2D eigenvalue weighted by Crippen LogP contribution is 2.23. The summed E-state index contributed by atoms with van der Waals surface area (Å²) in [5, 5.41) is 4.02.